The Balaban J connectivity index is 1.40. The van der Waals surface area contributed by atoms with E-state index in [1.807, 2.05) is 36.4 Å². The molecule has 3 heterocycles. The molecule has 0 spiro atoms. The monoisotopic (exact) mass is 492 g/mol. The zero-order chi connectivity index (χ0) is 24.7. The minimum atomic E-state index is -0.522. The van der Waals surface area contributed by atoms with Gasteiger partial charge in [0.25, 0.3) is 0 Å². The number of carbonyl (C=O) groups excluding carboxylic acids is 1. The Hall–Kier alpha value is -3.47. The van der Waals surface area contributed by atoms with Gasteiger partial charge in [-0.3, -0.25) is 10.2 Å². The normalized spacial score (nSPS) is 17.0. The molecule has 0 radical (unpaired) electrons. The molecule has 10 nitrogen and oxygen atoms in total. The maximum Gasteiger partial charge on any atom is 0.411 e. The van der Waals surface area contributed by atoms with E-state index in [9.17, 15) is 4.79 Å². The van der Waals surface area contributed by atoms with Crippen LogP contribution in [0.3, 0.4) is 0 Å². The van der Waals surface area contributed by atoms with E-state index < -0.39 is 6.09 Å². The fourth-order valence-corrected chi connectivity index (χ4v) is 4.52. The first-order valence-electron chi connectivity index (χ1n) is 12.4. The van der Waals surface area contributed by atoms with Crippen molar-refractivity contribution >= 4 is 34.3 Å². The second-order valence-corrected chi connectivity index (χ2v) is 9.00. The van der Waals surface area contributed by atoms with Gasteiger partial charge in [-0.15, -0.1) is 0 Å². The third-order valence-corrected chi connectivity index (χ3v) is 6.34. The lowest BCUT2D eigenvalue weighted by molar-refractivity contribution is 0.0342. The van der Waals surface area contributed by atoms with Gasteiger partial charge in [-0.05, 0) is 55.8 Å². The number of benzene rings is 2. The average molecular weight is 493 g/mol. The van der Waals surface area contributed by atoms with Gasteiger partial charge in [0.05, 0.1) is 20.3 Å². The molecule has 2 aromatic carbocycles. The van der Waals surface area contributed by atoms with E-state index in [4.69, 9.17) is 19.2 Å². The lowest BCUT2D eigenvalue weighted by Gasteiger charge is -2.27. The fourth-order valence-electron chi connectivity index (χ4n) is 4.52. The van der Waals surface area contributed by atoms with Crippen molar-refractivity contribution in [1.82, 2.24) is 20.2 Å². The number of ether oxygens (including phenoxy) is 3. The SMILES string of the molecule is COC(=O)Nc1cc(CN2CCOCC2)cc(Nc2ncc3cccc(OC4CCNCC4)c3n2)c1. The largest absolute Gasteiger partial charge is 0.488 e. The zero-order valence-corrected chi connectivity index (χ0v) is 20.5. The van der Waals surface area contributed by atoms with Crippen LogP contribution in [0.1, 0.15) is 18.4 Å². The average Bonchev–Trinajstić information content (AvgIpc) is 2.90. The van der Waals surface area contributed by atoms with Crippen LogP contribution < -0.4 is 20.7 Å². The molecule has 3 N–H and O–H groups in total. The maximum absolute atomic E-state index is 11.9. The summed E-state index contributed by atoms with van der Waals surface area (Å²) in [6.07, 6.45) is 3.39. The quantitative estimate of drug-likeness (QED) is 0.456. The van der Waals surface area contributed by atoms with Gasteiger partial charge in [-0.1, -0.05) is 12.1 Å². The van der Waals surface area contributed by atoms with E-state index in [2.05, 4.69) is 25.8 Å². The zero-order valence-electron chi connectivity index (χ0n) is 20.5. The summed E-state index contributed by atoms with van der Waals surface area (Å²) in [6.45, 7) is 5.83. The van der Waals surface area contributed by atoms with Crippen LogP contribution in [0.2, 0.25) is 0 Å². The first-order valence-corrected chi connectivity index (χ1v) is 12.4. The Morgan fingerprint density at radius 2 is 1.97 bits per heavy atom. The standard InChI is InChI=1S/C26H32N6O4/c1-34-26(33)30-21-14-18(17-32-9-11-35-12-10-32)13-20(15-21)29-25-28-16-19-3-2-4-23(24(19)31-25)36-22-5-7-27-8-6-22/h2-4,13-16,22,27H,5-12,17H2,1H3,(H,30,33)(H,28,29,31). The van der Waals surface area contributed by atoms with Crippen LogP contribution in [-0.4, -0.2) is 73.6 Å². The molecule has 0 unspecified atom stereocenters. The van der Waals surface area contributed by atoms with Gasteiger partial charge in [0, 0.05) is 42.6 Å². The van der Waals surface area contributed by atoms with Crippen LogP contribution in [0.5, 0.6) is 5.75 Å². The third kappa shape index (κ3) is 6.20. The Morgan fingerprint density at radius 3 is 2.78 bits per heavy atom. The number of para-hydroxylation sites is 1. The summed E-state index contributed by atoms with van der Waals surface area (Å²) in [5, 5.41) is 10.4. The van der Waals surface area contributed by atoms with Crippen molar-refractivity contribution in [2.75, 3.05) is 57.1 Å². The molecule has 10 heteroatoms. The van der Waals surface area contributed by atoms with Gasteiger partial charge >= 0.3 is 6.09 Å². The highest BCUT2D eigenvalue weighted by atomic mass is 16.5. The lowest BCUT2D eigenvalue weighted by Crippen LogP contribution is -2.35. The molecule has 2 aliphatic rings. The number of hydrogen-bond donors (Lipinski definition) is 3. The smallest absolute Gasteiger partial charge is 0.411 e. The van der Waals surface area contributed by atoms with Crippen molar-refractivity contribution in [3.8, 4) is 5.75 Å². The number of morpholine rings is 1. The fraction of sp³-hybridized carbons (Fsp3) is 0.423. The number of hydrogen-bond acceptors (Lipinski definition) is 9. The molecule has 3 aromatic rings. The third-order valence-electron chi connectivity index (χ3n) is 6.34. The van der Waals surface area contributed by atoms with Gasteiger partial charge < -0.3 is 24.8 Å². The molecule has 36 heavy (non-hydrogen) atoms. The van der Waals surface area contributed by atoms with Crippen LogP contribution in [0.15, 0.2) is 42.6 Å². The number of carbonyl (C=O) groups is 1. The highest BCUT2D eigenvalue weighted by Crippen LogP contribution is 2.28. The number of nitrogens with one attached hydrogen (secondary N) is 3. The molecule has 2 fully saturated rings. The van der Waals surface area contributed by atoms with Crippen LogP contribution in [0.4, 0.5) is 22.1 Å². The molecule has 190 valence electrons. The molecular formula is C26H32N6O4. The summed E-state index contributed by atoms with van der Waals surface area (Å²) in [7, 11) is 1.35. The number of anilines is 3. The number of aromatic nitrogens is 2. The molecule has 0 bridgehead atoms. The highest BCUT2D eigenvalue weighted by molar-refractivity contribution is 5.86. The van der Waals surface area contributed by atoms with Crippen molar-refractivity contribution in [2.24, 2.45) is 0 Å². The first-order chi connectivity index (χ1) is 17.7. The maximum atomic E-state index is 11.9. The minimum Gasteiger partial charge on any atom is -0.488 e. The Bertz CT molecular complexity index is 1190. The number of nitrogens with zero attached hydrogens (tertiary/aromatic N) is 3. The number of fused-ring (bicyclic) bond motifs is 1. The van der Waals surface area contributed by atoms with Gasteiger partial charge in [-0.2, -0.15) is 0 Å². The summed E-state index contributed by atoms with van der Waals surface area (Å²) in [5.41, 5.74) is 3.21. The van der Waals surface area contributed by atoms with Crippen molar-refractivity contribution < 1.29 is 19.0 Å². The molecule has 1 amide bonds. The molecule has 2 aliphatic heterocycles. The number of rotatable bonds is 7. The van der Waals surface area contributed by atoms with Crippen molar-refractivity contribution in [2.45, 2.75) is 25.5 Å². The van der Waals surface area contributed by atoms with E-state index in [1.54, 1.807) is 6.20 Å². The second-order valence-electron chi connectivity index (χ2n) is 9.00. The lowest BCUT2D eigenvalue weighted by atomic mass is 10.1. The first kappa shape index (κ1) is 24.2. The summed E-state index contributed by atoms with van der Waals surface area (Å²) in [4.78, 5) is 23.5. The van der Waals surface area contributed by atoms with Crippen molar-refractivity contribution in [3.63, 3.8) is 0 Å². The van der Waals surface area contributed by atoms with E-state index in [-0.39, 0.29) is 6.10 Å². The summed E-state index contributed by atoms with van der Waals surface area (Å²) in [6, 6.07) is 11.7. The van der Waals surface area contributed by atoms with Gasteiger partial charge in [0.2, 0.25) is 5.95 Å². The molecular weight excluding hydrogens is 460 g/mol. The van der Waals surface area contributed by atoms with E-state index >= 15 is 0 Å². The van der Waals surface area contributed by atoms with Crippen LogP contribution in [-0.2, 0) is 16.0 Å². The van der Waals surface area contributed by atoms with E-state index in [0.717, 1.165) is 86.7 Å². The Morgan fingerprint density at radius 1 is 1.17 bits per heavy atom. The van der Waals surface area contributed by atoms with Crippen molar-refractivity contribution in [3.05, 3.63) is 48.2 Å². The summed E-state index contributed by atoms with van der Waals surface area (Å²) in [5.74, 6) is 1.22. The van der Waals surface area contributed by atoms with Crippen LogP contribution in [0.25, 0.3) is 10.9 Å². The Kier molecular flexibility index (Phi) is 7.75. The van der Waals surface area contributed by atoms with Crippen LogP contribution >= 0.6 is 0 Å². The molecule has 1 aromatic heterocycles. The van der Waals surface area contributed by atoms with Gasteiger partial charge in [-0.25, -0.2) is 14.8 Å². The van der Waals surface area contributed by atoms with Gasteiger partial charge in [0.1, 0.15) is 17.4 Å². The topological polar surface area (TPSA) is 110 Å². The van der Waals surface area contributed by atoms with E-state index in [0.29, 0.717) is 11.6 Å². The molecule has 0 aliphatic carbocycles. The second kappa shape index (κ2) is 11.5. The summed E-state index contributed by atoms with van der Waals surface area (Å²) >= 11 is 0. The van der Waals surface area contributed by atoms with Crippen molar-refractivity contribution in [1.29, 1.82) is 0 Å². The summed E-state index contributed by atoms with van der Waals surface area (Å²) < 4.78 is 16.6. The molecule has 2 saturated heterocycles. The Labute approximate surface area is 210 Å². The number of piperidine rings is 1. The predicted molar refractivity (Wildman–Crippen MR) is 138 cm³/mol. The predicted octanol–water partition coefficient (Wildman–Crippen LogP) is 3.51. The highest BCUT2D eigenvalue weighted by Gasteiger charge is 2.17. The molecule has 0 atom stereocenters. The van der Waals surface area contributed by atoms with Gasteiger partial charge in [0.15, 0.2) is 0 Å². The molecule has 0 saturated carbocycles. The number of methoxy groups -OCH3 is 1. The molecule has 5 rings (SSSR count). The minimum absolute atomic E-state index is 0.173. The number of amides is 1. The van der Waals surface area contributed by atoms with E-state index in [1.165, 1.54) is 7.11 Å². The van der Waals surface area contributed by atoms with Crippen LogP contribution in [0, 0.1) is 0 Å².